The summed E-state index contributed by atoms with van der Waals surface area (Å²) in [5.41, 5.74) is 1.39. The van der Waals surface area contributed by atoms with Crippen LogP contribution in [0.2, 0.25) is 0 Å². The summed E-state index contributed by atoms with van der Waals surface area (Å²) in [6, 6.07) is 15.3. The molecule has 0 radical (unpaired) electrons. The van der Waals surface area contributed by atoms with E-state index in [4.69, 9.17) is 14.2 Å². The fourth-order valence-corrected chi connectivity index (χ4v) is 3.23. The van der Waals surface area contributed by atoms with Gasteiger partial charge in [0.1, 0.15) is 23.1 Å². The number of anilines is 2. The highest BCUT2D eigenvalue weighted by Gasteiger charge is 2.19. The molecule has 0 aromatic heterocycles. The summed E-state index contributed by atoms with van der Waals surface area (Å²) in [6.07, 6.45) is 0. The standard InChI is InChI=1S/C26H27FN2O5/c1-4-32-22-10-8-7-9-19(22)26(31)29-21-16-23(33-5-2)20(15-24(21)34-6-3)28-25(30)17-11-13-18(27)14-12-17/h7-16H,4-6H2,1-3H3,(H,28,30)(H,29,31). The molecule has 0 unspecified atom stereocenters. The minimum Gasteiger partial charge on any atom is -0.493 e. The van der Waals surface area contributed by atoms with E-state index in [0.717, 1.165) is 0 Å². The number of para-hydroxylation sites is 1. The Balaban J connectivity index is 1.93. The van der Waals surface area contributed by atoms with Gasteiger partial charge in [0.2, 0.25) is 0 Å². The Morgan fingerprint density at radius 2 is 1.21 bits per heavy atom. The Labute approximate surface area is 197 Å². The Morgan fingerprint density at radius 3 is 1.76 bits per heavy atom. The second-order valence-corrected chi connectivity index (χ2v) is 7.05. The predicted molar refractivity (Wildman–Crippen MR) is 129 cm³/mol. The molecule has 2 N–H and O–H groups in total. The van der Waals surface area contributed by atoms with E-state index in [1.807, 2.05) is 13.8 Å². The maximum absolute atomic E-state index is 13.2. The van der Waals surface area contributed by atoms with E-state index in [0.29, 0.717) is 54.0 Å². The van der Waals surface area contributed by atoms with Crippen molar-refractivity contribution in [2.45, 2.75) is 20.8 Å². The molecule has 3 aromatic rings. The molecule has 2 amide bonds. The van der Waals surface area contributed by atoms with Crippen molar-refractivity contribution in [2.24, 2.45) is 0 Å². The third kappa shape index (κ3) is 6.04. The molecule has 7 nitrogen and oxygen atoms in total. The summed E-state index contributed by atoms with van der Waals surface area (Å²) >= 11 is 0. The second kappa shape index (κ2) is 11.7. The molecule has 0 saturated carbocycles. The Kier molecular flexibility index (Phi) is 8.45. The van der Waals surface area contributed by atoms with Gasteiger partial charge in [-0.2, -0.15) is 0 Å². The summed E-state index contributed by atoms with van der Waals surface area (Å²) < 4.78 is 30.2. The molecular weight excluding hydrogens is 439 g/mol. The lowest BCUT2D eigenvalue weighted by molar-refractivity contribution is 0.101. The van der Waals surface area contributed by atoms with Crippen LogP contribution in [0.1, 0.15) is 41.5 Å². The zero-order valence-electron chi connectivity index (χ0n) is 19.3. The van der Waals surface area contributed by atoms with Gasteiger partial charge in [0.25, 0.3) is 11.8 Å². The van der Waals surface area contributed by atoms with E-state index in [9.17, 15) is 14.0 Å². The molecule has 0 heterocycles. The number of benzene rings is 3. The maximum Gasteiger partial charge on any atom is 0.259 e. The molecule has 0 bridgehead atoms. The Bertz CT molecular complexity index is 1150. The highest BCUT2D eigenvalue weighted by atomic mass is 19.1. The van der Waals surface area contributed by atoms with Gasteiger partial charge in [-0.3, -0.25) is 9.59 Å². The minimum absolute atomic E-state index is 0.284. The number of carbonyl (C=O) groups excluding carboxylic acids is 2. The highest BCUT2D eigenvalue weighted by Crippen LogP contribution is 2.37. The van der Waals surface area contributed by atoms with Gasteiger partial charge in [-0.25, -0.2) is 4.39 Å². The van der Waals surface area contributed by atoms with Gasteiger partial charge in [-0.05, 0) is 57.2 Å². The lowest BCUT2D eigenvalue weighted by Gasteiger charge is -2.18. The third-order valence-electron chi connectivity index (χ3n) is 4.72. The lowest BCUT2D eigenvalue weighted by atomic mass is 10.1. The van der Waals surface area contributed by atoms with Gasteiger partial charge in [0, 0.05) is 17.7 Å². The summed E-state index contributed by atoms with van der Waals surface area (Å²) in [4.78, 5) is 25.7. The largest absolute Gasteiger partial charge is 0.493 e. The van der Waals surface area contributed by atoms with Gasteiger partial charge >= 0.3 is 0 Å². The van der Waals surface area contributed by atoms with E-state index >= 15 is 0 Å². The quantitative estimate of drug-likeness (QED) is 0.411. The molecule has 0 aliphatic heterocycles. The topological polar surface area (TPSA) is 85.9 Å². The average molecular weight is 467 g/mol. The van der Waals surface area contributed by atoms with Crippen LogP contribution in [-0.2, 0) is 0 Å². The van der Waals surface area contributed by atoms with Crippen molar-refractivity contribution in [1.29, 1.82) is 0 Å². The third-order valence-corrected chi connectivity index (χ3v) is 4.72. The molecule has 0 spiro atoms. The Hall–Kier alpha value is -4.07. The summed E-state index contributed by atoms with van der Waals surface area (Å²) in [6.45, 7) is 6.54. The number of rotatable bonds is 10. The van der Waals surface area contributed by atoms with Crippen LogP contribution in [0.4, 0.5) is 15.8 Å². The number of hydrogen-bond acceptors (Lipinski definition) is 5. The zero-order chi connectivity index (χ0) is 24.5. The van der Waals surface area contributed by atoms with E-state index in [1.165, 1.54) is 24.3 Å². The molecule has 0 aliphatic rings. The number of hydrogen-bond donors (Lipinski definition) is 2. The Morgan fingerprint density at radius 1 is 0.706 bits per heavy atom. The van der Waals surface area contributed by atoms with Crippen molar-refractivity contribution in [3.63, 3.8) is 0 Å². The normalized spacial score (nSPS) is 10.4. The molecule has 178 valence electrons. The van der Waals surface area contributed by atoms with Crippen LogP contribution >= 0.6 is 0 Å². The first kappa shape index (κ1) is 24.6. The average Bonchev–Trinajstić information content (AvgIpc) is 2.82. The van der Waals surface area contributed by atoms with E-state index in [-0.39, 0.29) is 11.5 Å². The van der Waals surface area contributed by atoms with Crippen molar-refractivity contribution < 1.29 is 28.2 Å². The molecule has 3 rings (SSSR count). The monoisotopic (exact) mass is 466 g/mol. The molecule has 0 aliphatic carbocycles. The summed E-state index contributed by atoms with van der Waals surface area (Å²) in [7, 11) is 0. The van der Waals surface area contributed by atoms with Crippen LogP contribution in [-0.4, -0.2) is 31.6 Å². The summed E-state index contributed by atoms with van der Waals surface area (Å²) in [5.74, 6) is -0.0938. The molecule has 3 aromatic carbocycles. The first-order chi connectivity index (χ1) is 16.5. The van der Waals surface area contributed by atoms with Crippen molar-refractivity contribution in [3.8, 4) is 17.2 Å². The van der Waals surface area contributed by atoms with Gasteiger partial charge in [0.05, 0.1) is 36.8 Å². The van der Waals surface area contributed by atoms with E-state index < -0.39 is 11.7 Å². The van der Waals surface area contributed by atoms with Crippen LogP contribution < -0.4 is 24.8 Å². The van der Waals surface area contributed by atoms with Crippen LogP contribution in [0.15, 0.2) is 60.7 Å². The SMILES string of the molecule is CCOc1cc(NC(=O)c2ccccc2OCC)c(OCC)cc1NC(=O)c1ccc(F)cc1. The smallest absolute Gasteiger partial charge is 0.259 e. The second-order valence-electron chi connectivity index (χ2n) is 7.05. The fourth-order valence-electron chi connectivity index (χ4n) is 3.23. The van der Waals surface area contributed by atoms with E-state index in [2.05, 4.69) is 10.6 Å². The predicted octanol–water partition coefficient (Wildman–Crippen LogP) is 5.53. The summed E-state index contributed by atoms with van der Waals surface area (Å²) in [5, 5.41) is 5.62. The van der Waals surface area contributed by atoms with Crippen molar-refractivity contribution in [2.75, 3.05) is 30.5 Å². The minimum atomic E-state index is -0.439. The number of nitrogens with one attached hydrogen (secondary N) is 2. The van der Waals surface area contributed by atoms with Gasteiger partial charge in [-0.15, -0.1) is 0 Å². The first-order valence-electron chi connectivity index (χ1n) is 11.0. The zero-order valence-corrected chi connectivity index (χ0v) is 19.3. The molecule has 0 atom stereocenters. The molecule has 34 heavy (non-hydrogen) atoms. The van der Waals surface area contributed by atoms with Gasteiger partial charge < -0.3 is 24.8 Å². The number of ether oxygens (including phenoxy) is 3. The lowest BCUT2D eigenvalue weighted by Crippen LogP contribution is -2.16. The molecule has 8 heteroatoms. The van der Waals surface area contributed by atoms with Crippen molar-refractivity contribution in [3.05, 3.63) is 77.6 Å². The van der Waals surface area contributed by atoms with Crippen LogP contribution in [0, 0.1) is 5.82 Å². The molecule has 0 fully saturated rings. The van der Waals surface area contributed by atoms with Gasteiger partial charge in [0.15, 0.2) is 0 Å². The number of amides is 2. The fraction of sp³-hybridized carbons (Fsp3) is 0.231. The van der Waals surface area contributed by atoms with Crippen molar-refractivity contribution >= 4 is 23.2 Å². The molecule has 0 saturated heterocycles. The maximum atomic E-state index is 13.2. The number of carbonyl (C=O) groups is 2. The van der Waals surface area contributed by atoms with Crippen LogP contribution in [0.3, 0.4) is 0 Å². The highest BCUT2D eigenvalue weighted by molar-refractivity contribution is 6.08. The van der Waals surface area contributed by atoms with E-state index in [1.54, 1.807) is 43.3 Å². The molecular formula is C26H27FN2O5. The van der Waals surface area contributed by atoms with Gasteiger partial charge in [-0.1, -0.05) is 12.1 Å². The van der Waals surface area contributed by atoms with Crippen LogP contribution in [0.25, 0.3) is 0 Å². The number of halogens is 1. The van der Waals surface area contributed by atoms with Crippen molar-refractivity contribution in [1.82, 2.24) is 0 Å². The van der Waals surface area contributed by atoms with Crippen LogP contribution in [0.5, 0.6) is 17.2 Å². The first-order valence-corrected chi connectivity index (χ1v) is 11.0.